The number of halogens is 2. The number of hydrogen-bond donors (Lipinski definition) is 0. The Morgan fingerprint density at radius 1 is 0.833 bits per heavy atom. The zero-order valence-corrected chi connectivity index (χ0v) is 23.1. The zero-order chi connectivity index (χ0) is 26.0. The van der Waals surface area contributed by atoms with Crippen LogP contribution in [0.15, 0.2) is 67.0 Å². The second-order valence-corrected chi connectivity index (χ2v) is 16.3. The van der Waals surface area contributed by atoms with Gasteiger partial charge in [-0.1, -0.05) is 71.9 Å². The monoisotopic (exact) mass is 506 g/mol. The van der Waals surface area contributed by atoms with Crippen LogP contribution in [0.1, 0.15) is 58.2 Å². The number of aromatic nitrogens is 2. The van der Waals surface area contributed by atoms with Crippen molar-refractivity contribution in [1.82, 2.24) is 9.22 Å². The molecule has 0 aliphatic heterocycles. The van der Waals surface area contributed by atoms with Crippen LogP contribution in [0.5, 0.6) is 5.75 Å². The van der Waals surface area contributed by atoms with E-state index in [1.165, 1.54) is 12.1 Å². The number of nitrogens with zero attached hydrogens (tertiary/aromatic N) is 2. The summed E-state index contributed by atoms with van der Waals surface area (Å²) < 4.78 is 38.2. The lowest BCUT2D eigenvalue weighted by Crippen LogP contribution is -2.51. The molecule has 36 heavy (non-hydrogen) atoms. The number of rotatable bonds is 9. The van der Waals surface area contributed by atoms with Gasteiger partial charge in [-0.3, -0.25) is 0 Å². The smallest absolute Gasteiger partial charge is 0.171 e. The highest BCUT2D eigenvalue weighted by Crippen LogP contribution is 2.44. The lowest BCUT2D eigenvalue weighted by molar-refractivity contribution is 0.288. The molecule has 0 spiro atoms. The van der Waals surface area contributed by atoms with Crippen LogP contribution >= 0.6 is 0 Å². The third kappa shape index (κ3) is 4.71. The molecule has 190 valence electrons. The average Bonchev–Trinajstić information content (AvgIpc) is 3.19. The molecule has 0 saturated carbocycles. The first kappa shape index (κ1) is 26.1. The summed E-state index contributed by atoms with van der Waals surface area (Å²) in [5, 5.41) is 1.00. The van der Waals surface area contributed by atoms with Gasteiger partial charge in [-0.05, 0) is 51.5 Å². The van der Waals surface area contributed by atoms with Gasteiger partial charge in [-0.15, -0.1) is 0 Å². The molecule has 6 heteroatoms. The van der Waals surface area contributed by atoms with E-state index in [1.54, 1.807) is 0 Å². The van der Waals surface area contributed by atoms with E-state index < -0.39 is 19.9 Å². The summed E-state index contributed by atoms with van der Waals surface area (Å²) in [7, 11) is -2.07. The topological polar surface area (TPSA) is 27.1 Å². The minimum absolute atomic E-state index is 0.0740. The fourth-order valence-electron chi connectivity index (χ4n) is 6.15. The van der Waals surface area contributed by atoms with E-state index in [-0.39, 0.29) is 18.8 Å². The average molecular weight is 507 g/mol. The molecule has 0 saturated heterocycles. The molecule has 4 rings (SSSR count). The highest BCUT2D eigenvalue weighted by molar-refractivity contribution is 6.82. The van der Waals surface area contributed by atoms with Crippen molar-refractivity contribution < 1.29 is 13.5 Å². The molecule has 0 bridgehead atoms. The molecule has 2 heterocycles. The van der Waals surface area contributed by atoms with Crippen LogP contribution in [-0.4, -0.2) is 17.5 Å². The maximum atomic E-state index is 15.2. The van der Waals surface area contributed by atoms with Gasteiger partial charge < -0.3 is 8.97 Å². The molecule has 0 fully saturated rings. The minimum atomic E-state index is -2.07. The van der Waals surface area contributed by atoms with Gasteiger partial charge in [0.05, 0.1) is 0 Å². The van der Waals surface area contributed by atoms with Crippen LogP contribution in [0.25, 0.3) is 11.0 Å². The Kier molecular flexibility index (Phi) is 7.64. The quantitative estimate of drug-likeness (QED) is 0.213. The molecule has 0 amide bonds. The van der Waals surface area contributed by atoms with Crippen molar-refractivity contribution in [2.24, 2.45) is 0 Å². The predicted molar refractivity (Wildman–Crippen MR) is 146 cm³/mol. The first-order valence-corrected chi connectivity index (χ1v) is 14.9. The normalized spacial score (nSPS) is 12.3. The SMILES string of the molecule is CC(C)[Si](C(C)C)(C(C)C)n1cc(Cc2cc(F)c(OCc3ccccc3)cc2F)c2cccnc21. The fraction of sp³-hybridized carbons (Fsp3) is 0.367. The number of fused-ring (bicyclic) bond motifs is 1. The van der Waals surface area contributed by atoms with E-state index in [4.69, 9.17) is 9.72 Å². The van der Waals surface area contributed by atoms with Gasteiger partial charge in [-0.25, -0.2) is 13.8 Å². The third-order valence-corrected chi connectivity index (χ3v) is 14.3. The number of benzene rings is 2. The molecule has 4 aromatic rings. The summed E-state index contributed by atoms with van der Waals surface area (Å²) in [5.41, 5.74) is 4.57. The van der Waals surface area contributed by atoms with Crippen molar-refractivity contribution in [3.05, 3.63) is 95.3 Å². The standard InChI is InChI=1S/C30H36F2N2OSi/c1-20(2)36(21(3)4,22(5)6)34-18-25(26-13-10-14-33-30(26)34)15-24-16-28(32)29(17-27(24)31)35-19-23-11-8-7-9-12-23/h7-14,16-18,20-22H,15,19H2,1-6H3. The van der Waals surface area contributed by atoms with Crippen LogP contribution in [0, 0.1) is 11.6 Å². The van der Waals surface area contributed by atoms with E-state index in [0.29, 0.717) is 22.2 Å². The van der Waals surface area contributed by atoms with E-state index in [0.717, 1.165) is 22.2 Å². The molecule has 0 atom stereocenters. The number of hydrogen-bond acceptors (Lipinski definition) is 2. The maximum absolute atomic E-state index is 15.2. The predicted octanol–water partition coefficient (Wildman–Crippen LogP) is 8.51. The van der Waals surface area contributed by atoms with Gasteiger partial charge >= 0.3 is 0 Å². The summed E-state index contributed by atoms with van der Waals surface area (Å²) in [6, 6.07) is 15.9. The van der Waals surface area contributed by atoms with Gasteiger partial charge in [0.2, 0.25) is 0 Å². The summed E-state index contributed by atoms with van der Waals surface area (Å²) in [6.45, 7) is 14.0. The van der Waals surface area contributed by atoms with Gasteiger partial charge in [0.25, 0.3) is 0 Å². The maximum Gasteiger partial charge on any atom is 0.171 e. The van der Waals surface area contributed by atoms with Gasteiger partial charge in [-0.2, -0.15) is 0 Å². The highest BCUT2D eigenvalue weighted by Gasteiger charge is 2.46. The Morgan fingerprint density at radius 2 is 1.50 bits per heavy atom. The van der Waals surface area contributed by atoms with Crippen molar-refractivity contribution in [2.45, 2.75) is 71.2 Å². The summed E-state index contributed by atoms with van der Waals surface area (Å²) >= 11 is 0. The second kappa shape index (κ2) is 10.6. The Morgan fingerprint density at radius 3 is 2.14 bits per heavy atom. The molecular weight excluding hydrogens is 470 g/mol. The lowest BCUT2D eigenvalue weighted by Gasteiger charge is -2.44. The first-order valence-electron chi connectivity index (χ1n) is 12.8. The van der Waals surface area contributed by atoms with E-state index in [9.17, 15) is 4.39 Å². The molecule has 0 aliphatic rings. The molecule has 3 nitrogen and oxygen atoms in total. The van der Waals surface area contributed by atoms with Crippen molar-refractivity contribution in [2.75, 3.05) is 0 Å². The first-order chi connectivity index (χ1) is 17.2. The molecular formula is C30H36F2N2OSi. The largest absolute Gasteiger partial charge is 0.486 e. The van der Waals surface area contributed by atoms with Crippen molar-refractivity contribution in [3.8, 4) is 5.75 Å². The van der Waals surface area contributed by atoms with Crippen LogP contribution < -0.4 is 4.74 Å². The molecule has 2 aromatic heterocycles. The molecule has 0 N–H and O–H groups in total. The van der Waals surface area contributed by atoms with Crippen LogP contribution in [-0.2, 0) is 13.0 Å². The highest BCUT2D eigenvalue weighted by atomic mass is 28.3. The van der Waals surface area contributed by atoms with Crippen molar-refractivity contribution in [1.29, 1.82) is 0 Å². The second-order valence-electron chi connectivity index (χ2n) is 10.6. The van der Waals surface area contributed by atoms with Crippen molar-refractivity contribution in [3.63, 3.8) is 0 Å². The van der Waals surface area contributed by atoms with E-state index in [2.05, 4.69) is 52.0 Å². The zero-order valence-electron chi connectivity index (χ0n) is 22.1. The van der Waals surface area contributed by atoms with Gasteiger partial charge in [0, 0.05) is 30.3 Å². The van der Waals surface area contributed by atoms with E-state index in [1.807, 2.05) is 48.7 Å². The van der Waals surface area contributed by atoms with Gasteiger partial charge in [0.1, 0.15) is 18.1 Å². The fourth-order valence-corrected chi connectivity index (χ4v) is 12.7. The lowest BCUT2D eigenvalue weighted by atomic mass is 10.0. The van der Waals surface area contributed by atoms with Gasteiger partial charge in [0.15, 0.2) is 19.8 Å². The summed E-state index contributed by atoms with van der Waals surface area (Å²) in [5.74, 6) is -1.10. The van der Waals surface area contributed by atoms with Crippen molar-refractivity contribution >= 4 is 19.3 Å². The van der Waals surface area contributed by atoms with E-state index >= 15 is 4.39 Å². The Hall–Kier alpha value is -2.99. The molecule has 0 unspecified atom stereocenters. The molecule has 2 aromatic carbocycles. The molecule has 0 aliphatic carbocycles. The summed E-state index contributed by atoms with van der Waals surface area (Å²) in [4.78, 5) is 4.77. The van der Waals surface area contributed by atoms with Crippen LogP contribution in [0.3, 0.4) is 0 Å². The Bertz CT molecular complexity index is 1310. The van der Waals surface area contributed by atoms with Crippen LogP contribution in [0.2, 0.25) is 16.6 Å². The minimum Gasteiger partial charge on any atom is -0.486 e. The number of pyridine rings is 1. The Balaban J connectivity index is 1.72. The Labute approximate surface area is 214 Å². The number of ether oxygens (including phenoxy) is 1. The third-order valence-electron chi connectivity index (χ3n) is 7.56. The summed E-state index contributed by atoms with van der Waals surface area (Å²) in [6.07, 6.45) is 4.28. The molecule has 0 radical (unpaired) electrons. The van der Waals surface area contributed by atoms with Crippen LogP contribution in [0.4, 0.5) is 8.78 Å².